The number of hydrogen-bond acceptors (Lipinski definition) is 2. The van der Waals surface area contributed by atoms with Crippen molar-refractivity contribution in [1.29, 1.82) is 0 Å². The van der Waals surface area contributed by atoms with Crippen LogP contribution in [0.15, 0.2) is 24.3 Å². The molecule has 1 aliphatic carbocycles. The van der Waals surface area contributed by atoms with Crippen LogP contribution in [0.25, 0.3) is 0 Å². The first-order chi connectivity index (χ1) is 9.75. The van der Waals surface area contributed by atoms with E-state index in [1.807, 2.05) is 0 Å². The Morgan fingerprint density at radius 2 is 1.60 bits per heavy atom. The molecule has 3 rings (SSSR count). The van der Waals surface area contributed by atoms with Gasteiger partial charge in [0.15, 0.2) is 0 Å². The molecule has 0 amide bonds. The molecule has 1 N–H and O–H groups in total. The Kier molecular flexibility index (Phi) is 4.30. The van der Waals surface area contributed by atoms with Crippen molar-refractivity contribution in [1.82, 2.24) is 5.32 Å². The number of benzene rings is 1. The average molecular weight is 272 g/mol. The number of piperidine rings is 1. The molecule has 1 heterocycles. The van der Waals surface area contributed by atoms with Gasteiger partial charge in [0.25, 0.3) is 0 Å². The molecule has 0 radical (unpaired) electrons. The number of anilines is 1. The van der Waals surface area contributed by atoms with Crippen LogP contribution in [0.1, 0.15) is 57.4 Å². The summed E-state index contributed by atoms with van der Waals surface area (Å²) in [6.07, 6.45) is 9.53. The lowest BCUT2D eigenvalue weighted by atomic mass is 10.0. The SMILES string of the molecule is CC1(NCc2ccc(N3CCCCC3)cc2)CCCC1. The minimum atomic E-state index is 0.380. The summed E-state index contributed by atoms with van der Waals surface area (Å²) in [7, 11) is 0. The van der Waals surface area contributed by atoms with E-state index >= 15 is 0 Å². The lowest BCUT2D eigenvalue weighted by Crippen LogP contribution is -2.38. The standard InChI is InChI=1S/C18H28N2/c1-18(11-3-4-12-18)19-15-16-7-9-17(10-8-16)20-13-5-2-6-14-20/h7-10,19H,2-6,11-15H2,1H3. The maximum atomic E-state index is 3.76. The first-order valence-electron chi connectivity index (χ1n) is 8.34. The summed E-state index contributed by atoms with van der Waals surface area (Å²) in [4.78, 5) is 2.53. The first kappa shape index (κ1) is 13.9. The summed E-state index contributed by atoms with van der Waals surface area (Å²) in [5.41, 5.74) is 3.20. The summed E-state index contributed by atoms with van der Waals surface area (Å²) in [5, 5.41) is 3.76. The van der Waals surface area contributed by atoms with E-state index in [2.05, 4.69) is 41.4 Å². The summed E-state index contributed by atoms with van der Waals surface area (Å²) < 4.78 is 0. The van der Waals surface area contributed by atoms with E-state index in [-0.39, 0.29) is 0 Å². The number of hydrogen-bond donors (Lipinski definition) is 1. The van der Waals surface area contributed by atoms with E-state index in [1.165, 1.54) is 69.3 Å². The van der Waals surface area contributed by atoms with Crippen molar-refractivity contribution in [2.45, 2.75) is 64.0 Å². The zero-order valence-corrected chi connectivity index (χ0v) is 12.8. The van der Waals surface area contributed by atoms with Gasteiger partial charge >= 0.3 is 0 Å². The highest BCUT2D eigenvalue weighted by molar-refractivity contribution is 5.47. The van der Waals surface area contributed by atoms with Crippen molar-refractivity contribution in [2.75, 3.05) is 18.0 Å². The third-order valence-electron chi connectivity index (χ3n) is 5.08. The molecule has 110 valence electrons. The molecule has 0 aromatic heterocycles. The zero-order chi connectivity index (χ0) is 13.8. The highest BCUT2D eigenvalue weighted by atomic mass is 15.1. The molecule has 1 aromatic carbocycles. The van der Waals surface area contributed by atoms with Gasteiger partial charge in [-0.05, 0) is 56.7 Å². The van der Waals surface area contributed by atoms with E-state index in [1.54, 1.807) is 0 Å². The lowest BCUT2D eigenvalue weighted by Gasteiger charge is -2.29. The van der Waals surface area contributed by atoms with E-state index in [0.717, 1.165) is 6.54 Å². The second kappa shape index (κ2) is 6.17. The summed E-state index contributed by atoms with van der Waals surface area (Å²) in [6.45, 7) is 5.85. The van der Waals surface area contributed by atoms with Crippen molar-refractivity contribution < 1.29 is 0 Å². The molecule has 20 heavy (non-hydrogen) atoms. The van der Waals surface area contributed by atoms with Crippen LogP contribution >= 0.6 is 0 Å². The summed E-state index contributed by atoms with van der Waals surface area (Å²) in [5.74, 6) is 0. The molecular weight excluding hydrogens is 244 g/mol. The van der Waals surface area contributed by atoms with Crippen LogP contribution in [-0.4, -0.2) is 18.6 Å². The maximum absolute atomic E-state index is 3.76. The van der Waals surface area contributed by atoms with Gasteiger partial charge in [-0.15, -0.1) is 0 Å². The Labute approximate surface area is 123 Å². The molecule has 1 aliphatic heterocycles. The molecule has 1 aromatic rings. The van der Waals surface area contributed by atoms with Gasteiger partial charge in [-0.25, -0.2) is 0 Å². The minimum absolute atomic E-state index is 0.380. The van der Waals surface area contributed by atoms with Gasteiger partial charge in [-0.3, -0.25) is 0 Å². The molecule has 2 aliphatic rings. The largest absolute Gasteiger partial charge is 0.372 e. The maximum Gasteiger partial charge on any atom is 0.0366 e. The molecule has 0 spiro atoms. The monoisotopic (exact) mass is 272 g/mol. The van der Waals surface area contributed by atoms with Crippen LogP contribution < -0.4 is 10.2 Å². The number of nitrogens with zero attached hydrogens (tertiary/aromatic N) is 1. The van der Waals surface area contributed by atoms with Gasteiger partial charge in [0.2, 0.25) is 0 Å². The van der Waals surface area contributed by atoms with Gasteiger partial charge in [-0.2, -0.15) is 0 Å². The molecule has 0 unspecified atom stereocenters. The fraction of sp³-hybridized carbons (Fsp3) is 0.667. The van der Waals surface area contributed by atoms with Gasteiger partial charge in [0, 0.05) is 30.9 Å². The van der Waals surface area contributed by atoms with Crippen molar-refractivity contribution in [2.24, 2.45) is 0 Å². The smallest absolute Gasteiger partial charge is 0.0366 e. The van der Waals surface area contributed by atoms with Crippen molar-refractivity contribution in [3.8, 4) is 0 Å². The third kappa shape index (κ3) is 3.35. The predicted octanol–water partition coefficient (Wildman–Crippen LogP) is 4.10. The zero-order valence-electron chi connectivity index (χ0n) is 12.8. The van der Waals surface area contributed by atoms with Crippen LogP contribution in [0.4, 0.5) is 5.69 Å². The van der Waals surface area contributed by atoms with Crippen molar-refractivity contribution in [3.05, 3.63) is 29.8 Å². The Balaban J connectivity index is 1.55. The van der Waals surface area contributed by atoms with Gasteiger partial charge in [0.05, 0.1) is 0 Å². The third-order valence-corrected chi connectivity index (χ3v) is 5.08. The van der Waals surface area contributed by atoms with Crippen LogP contribution in [-0.2, 0) is 6.54 Å². The number of nitrogens with one attached hydrogen (secondary N) is 1. The fourth-order valence-electron chi connectivity index (χ4n) is 3.62. The van der Waals surface area contributed by atoms with E-state index in [4.69, 9.17) is 0 Å². The Morgan fingerprint density at radius 3 is 2.25 bits per heavy atom. The van der Waals surface area contributed by atoms with Gasteiger partial charge in [-0.1, -0.05) is 25.0 Å². The van der Waals surface area contributed by atoms with Crippen LogP contribution in [0, 0.1) is 0 Å². The Bertz CT molecular complexity index is 412. The molecule has 0 bridgehead atoms. The average Bonchev–Trinajstić information content (AvgIpc) is 2.94. The van der Waals surface area contributed by atoms with Gasteiger partial charge in [0.1, 0.15) is 0 Å². The fourth-order valence-corrected chi connectivity index (χ4v) is 3.62. The highest BCUT2D eigenvalue weighted by Crippen LogP contribution is 2.29. The molecule has 0 atom stereocenters. The van der Waals surface area contributed by atoms with Gasteiger partial charge < -0.3 is 10.2 Å². The second-order valence-electron chi connectivity index (χ2n) is 6.84. The minimum Gasteiger partial charge on any atom is -0.372 e. The van der Waals surface area contributed by atoms with Crippen molar-refractivity contribution in [3.63, 3.8) is 0 Å². The van der Waals surface area contributed by atoms with E-state index in [0.29, 0.717) is 5.54 Å². The van der Waals surface area contributed by atoms with Crippen molar-refractivity contribution >= 4 is 5.69 Å². The molecule has 2 nitrogen and oxygen atoms in total. The summed E-state index contributed by atoms with van der Waals surface area (Å²) in [6, 6.07) is 9.21. The first-order valence-corrected chi connectivity index (χ1v) is 8.34. The molecule has 2 heteroatoms. The van der Waals surface area contributed by atoms with E-state index < -0.39 is 0 Å². The second-order valence-corrected chi connectivity index (χ2v) is 6.84. The topological polar surface area (TPSA) is 15.3 Å². The quantitative estimate of drug-likeness (QED) is 0.887. The van der Waals surface area contributed by atoms with Crippen LogP contribution in [0.2, 0.25) is 0 Å². The summed E-state index contributed by atoms with van der Waals surface area (Å²) >= 11 is 0. The van der Waals surface area contributed by atoms with E-state index in [9.17, 15) is 0 Å². The lowest BCUT2D eigenvalue weighted by molar-refractivity contribution is 0.363. The number of rotatable bonds is 4. The Morgan fingerprint density at radius 1 is 0.950 bits per heavy atom. The molecule has 1 saturated carbocycles. The molecule has 1 saturated heterocycles. The predicted molar refractivity (Wildman–Crippen MR) is 86.2 cm³/mol. The van der Waals surface area contributed by atoms with Crippen LogP contribution in [0.3, 0.4) is 0 Å². The van der Waals surface area contributed by atoms with Crippen LogP contribution in [0.5, 0.6) is 0 Å². The highest BCUT2D eigenvalue weighted by Gasteiger charge is 2.27. The molecule has 2 fully saturated rings. The normalized spacial score (nSPS) is 22.1. The Hall–Kier alpha value is -1.02. The molecular formula is C18H28N2.